The fraction of sp³-hybridized carbons (Fsp3) is 0.333. The van der Waals surface area contributed by atoms with E-state index in [4.69, 9.17) is 28.9 Å². The Morgan fingerprint density at radius 3 is 2.35 bits per heavy atom. The summed E-state index contributed by atoms with van der Waals surface area (Å²) in [5.41, 5.74) is 6.38. The predicted octanol–water partition coefficient (Wildman–Crippen LogP) is 5.45. The second-order valence-corrected chi connectivity index (χ2v) is 7.44. The largest absolute Gasteiger partial charge is 0.383 e. The number of anilines is 1. The highest BCUT2D eigenvalue weighted by molar-refractivity contribution is 8.13. The van der Waals surface area contributed by atoms with E-state index in [1.165, 1.54) is 9.36 Å². The number of hydrogen-bond donors (Lipinski definition) is 1. The zero-order chi connectivity index (χ0) is 19.4. The van der Waals surface area contributed by atoms with Crippen molar-refractivity contribution in [2.75, 3.05) is 11.5 Å². The van der Waals surface area contributed by atoms with Crippen LogP contribution in [0.1, 0.15) is 32.7 Å². The smallest absolute Gasteiger partial charge is 0.306 e. The minimum Gasteiger partial charge on any atom is -0.383 e. The van der Waals surface area contributed by atoms with Gasteiger partial charge in [0.05, 0.1) is 21.7 Å². The molecule has 0 bridgehead atoms. The maximum absolute atomic E-state index is 13.2. The Morgan fingerprint density at radius 2 is 1.85 bits per heavy atom. The first-order valence-corrected chi connectivity index (χ1v) is 9.98. The number of rotatable bonds is 6. The van der Waals surface area contributed by atoms with Gasteiger partial charge in [-0.2, -0.15) is 4.68 Å². The molecule has 0 fully saturated rings. The number of nitrogens with zero attached hydrogens (tertiary/aromatic N) is 2. The van der Waals surface area contributed by atoms with Gasteiger partial charge in [0.15, 0.2) is 0 Å². The standard InChI is InChI=1S/C18H21Cl2N3O2S/c1-4-10-26-18(25)23-16(21)15(14-12(19)8-7-9-13(14)20)17(24)22(23)11(5-2)6-3/h4,7-9,11H,1,5-6,10,21H2,2-3H3. The third kappa shape index (κ3) is 3.72. The molecule has 0 unspecified atom stereocenters. The fourth-order valence-corrected chi connectivity index (χ4v) is 4.01. The SMILES string of the molecule is C=CCSC(=O)n1c(N)c(-c2c(Cl)cccc2Cl)c(=O)n1C(CC)CC. The molecule has 5 nitrogen and oxygen atoms in total. The molecule has 2 aromatic rings. The van der Waals surface area contributed by atoms with Crippen molar-refractivity contribution in [2.45, 2.75) is 32.7 Å². The van der Waals surface area contributed by atoms with E-state index in [0.29, 0.717) is 34.2 Å². The number of halogens is 2. The summed E-state index contributed by atoms with van der Waals surface area (Å²) in [6.07, 6.45) is 2.97. The Morgan fingerprint density at radius 1 is 1.27 bits per heavy atom. The van der Waals surface area contributed by atoms with Crippen molar-refractivity contribution >= 4 is 46.0 Å². The van der Waals surface area contributed by atoms with E-state index in [0.717, 1.165) is 11.8 Å². The molecule has 1 aromatic carbocycles. The monoisotopic (exact) mass is 413 g/mol. The van der Waals surface area contributed by atoms with Gasteiger partial charge >= 0.3 is 5.24 Å². The van der Waals surface area contributed by atoms with Gasteiger partial charge in [0, 0.05) is 11.3 Å². The van der Waals surface area contributed by atoms with Crippen molar-refractivity contribution in [1.82, 2.24) is 9.36 Å². The predicted molar refractivity (Wildman–Crippen MR) is 112 cm³/mol. The van der Waals surface area contributed by atoms with E-state index in [9.17, 15) is 9.59 Å². The maximum atomic E-state index is 13.2. The Labute approximate surface area is 166 Å². The second kappa shape index (κ2) is 8.84. The molecule has 1 heterocycles. The van der Waals surface area contributed by atoms with E-state index in [2.05, 4.69) is 6.58 Å². The number of aromatic nitrogens is 2. The molecule has 1 aromatic heterocycles. The third-order valence-corrected chi connectivity index (χ3v) is 5.57. The molecule has 0 aliphatic rings. The van der Waals surface area contributed by atoms with Crippen LogP contribution in [-0.2, 0) is 0 Å². The van der Waals surface area contributed by atoms with Crippen LogP contribution in [0.2, 0.25) is 10.0 Å². The van der Waals surface area contributed by atoms with Crippen LogP contribution in [0.4, 0.5) is 10.6 Å². The molecule has 0 aliphatic heterocycles. The Hall–Kier alpha value is -1.63. The summed E-state index contributed by atoms with van der Waals surface area (Å²) in [6, 6.07) is 4.78. The van der Waals surface area contributed by atoms with Gasteiger partial charge in [0.2, 0.25) is 0 Å². The van der Waals surface area contributed by atoms with E-state index in [1.54, 1.807) is 24.3 Å². The zero-order valence-corrected chi connectivity index (χ0v) is 17.0. The van der Waals surface area contributed by atoms with Gasteiger partial charge in [-0.25, -0.2) is 4.68 Å². The van der Waals surface area contributed by atoms with Crippen LogP contribution in [0.5, 0.6) is 0 Å². The molecule has 2 N–H and O–H groups in total. The average Bonchev–Trinajstić information content (AvgIpc) is 2.86. The van der Waals surface area contributed by atoms with Crippen molar-refractivity contribution in [1.29, 1.82) is 0 Å². The quantitative estimate of drug-likeness (QED) is 0.638. The van der Waals surface area contributed by atoms with Crippen molar-refractivity contribution in [3.63, 3.8) is 0 Å². The van der Waals surface area contributed by atoms with E-state index < -0.39 is 0 Å². The summed E-state index contributed by atoms with van der Waals surface area (Å²) in [5, 5.41) is 0.267. The number of carbonyl (C=O) groups is 1. The highest BCUT2D eigenvalue weighted by Crippen LogP contribution is 2.37. The van der Waals surface area contributed by atoms with Gasteiger partial charge in [0.25, 0.3) is 5.56 Å². The van der Waals surface area contributed by atoms with E-state index >= 15 is 0 Å². The molecule has 0 saturated heterocycles. The first-order valence-electron chi connectivity index (χ1n) is 8.24. The lowest BCUT2D eigenvalue weighted by molar-refractivity contribution is 0.251. The molecule has 0 atom stereocenters. The summed E-state index contributed by atoms with van der Waals surface area (Å²) < 4.78 is 2.66. The molecule has 140 valence electrons. The maximum Gasteiger partial charge on any atom is 0.306 e. The lowest BCUT2D eigenvalue weighted by Crippen LogP contribution is -2.30. The van der Waals surface area contributed by atoms with Crippen molar-refractivity contribution in [3.05, 3.63) is 51.3 Å². The average molecular weight is 414 g/mol. The van der Waals surface area contributed by atoms with Crippen LogP contribution >= 0.6 is 35.0 Å². The van der Waals surface area contributed by atoms with Gasteiger partial charge in [-0.3, -0.25) is 9.59 Å². The fourth-order valence-electron chi connectivity index (χ4n) is 2.85. The second-order valence-electron chi connectivity index (χ2n) is 5.65. The number of nitrogen functional groups attached to an aromatic ring is 1. The normalized spacial score (nSPS) is 11.1. The van der Waals surface area contributed by atoms with Crippen molar-refractivity contribution in [3.8, 4) is 11.1 Å². The topological polar surface area (TPSA) is 70.0 Å². The van der Waals surface area contributed by atoms with Crippen LogP contribution in [0.15, 0.2) is 35.6 Å². The number of thioether (sulfide) groups is 1. The molecule has 0 aliphatic carbocycles. The molecular weight excluding hydrogens is 393 g/mol. The summed E-state index contributed by atoms with van der Waals surface area (Å²) >= 11 is 13.6. The lowest BCUT2D eigenvalue weighted by Gasteiger charge is -2.18. The Balaban J connectivity index is 2.82. The number of hydrogen-bond acceptors (Lipinski definition) is 4. The third-order valence-electron chi connectivity index (χ3n) is 4.12. The summed E-state index contributed by atoms with van der Waals surface area (Å²) in [7, 11) is 0. The number of carbonyl (C=O) groups excluding carboxylic acids is 1. The van der Waals surface area contributed by atoms with Crippen LogP contribution in [-0.4, -0.2) is 20.4 Å². The molecule has 2 rings (SSSR count). The molecular formula is C18H21Cl2N3O2S. The molecule has 8 heteroatoms. The molecule has 0 amide bonds. The minimum absolute atomic E-state index is 0.0402. The van der Waals surface area contributed by atoms with E-state index in [-0.39, 0.29) is 28.2 Å². The van der Waals surface area contributed by atoms with Crippen molar-refractivity contribution in [2.24, 2.45) is 0 Å². The Bertz CT molecular complexity index is 865. The van der Waals surface area contributed by atoms with Crippen LogP contribution in [0.25, 0.3) is 11.1 Å². The minimum atomic E-state index is -0.376. The highest BCUT2D eigenvalue weighted by atomic mass is 35.5. The Kier molecular flexibility index (Phi) is 7.03. The zero-order valence-electron chi connectivity index (χ0n) is 14.7. The molecule has 0 saturated carbocycles. The molecule has 0 spiro atoms. The summed E-state index contributed by atoms with van der Waals surface area (Å²) in [6.45, 7) is 7.53. The molecule has 0 radical (unpaired) electrons. The lowest BCUT2D eigenvalue weighted by atomic mass is 10.1. The van der Waals surface area contributed by atoms with Gasteiger partial charge in [-0.1, -0.05) is 61.0 Å². The number of benzene rings is 1. The van der Waals surface area contributed by atoms with Gasteiger partial charge in [0.1, 0.15) is 5.82 Å². The van der Waals surface area contributed by atoms with Gasteiger partial charge < -0.3 is 5.73 Å². The summed E-state index contributed by atoms with van der Waals surface area (Å²) in [4.78, 5) is 25.9. The number of nitrogens with two attached hydrogens (primary N) is 1. The highest BCUT2D eigenvalue weighted by Gasteiger charge is 2.28. The van der Waals surface area contributed by atoms with Crippen LogP contribution in [0, 0.1) is 0 Å². The van der Waals surface area contributed by atoms with Crippen LogP contribution in [0.3, 0.4) is 0 Å². The first-order chi connectivity index (χ1) is 12.4. The van der Waals surface area contributed by atoms with Gasteiger partial charge in [-0.15, -0.1) is 6.58 Å². The van der Waals surface area contributed by atoms with Crippen molar-refractivity contribution < 1.29 is 4.79 Å². The molecule has 26 heavy (non-hydrogen) atoms. The first kappa shape index (κ1) is 20.7. The van der Waals surface area contributed by atoms with E-state index in [1.807, 2.05) is 13.8 Å². The van der Waals surface area contributed by atoms with Gasteiger partial charge in [-0.05, 0) is 25.0 Å². The summed E-state index contributed by atoms with van der Waals surface area (Å²) in [5.74, 6) is 0.453. The van der Waals surface area contributed by atoms with Crippen LogP contribution < -0.4 is 11.3 Å².